The summed E-state index contributed by atoms with van der Waals surface area (Å²) in [6, 6.07) is 13.5. The molecular weight excluding hydrogens is 332 g/mol. The zero-order chi connectivity index (χ0) is 17.8. The summed E-state index contributed by atoms with van der Waals surface area (Å²) in [4.78, 5) is 14.9. The highest BCUT2D eigenvalue weighted by Gasteiger charge is 2.19. The summed E-state index contributed by atoms with van der Waals surface area (Å²) in [5.74, 6) is 0.353. The average molecular weight is 357 g/mol. The fourth-order valence-electron chi connectivity index (χ4n) is 3.27. The van der Waals surface area contributed by atoms with Crippen LogP contribution in [-0.2, 0) is 0 Å². The van der Waals surface area contributed by atoms with E-state index in [4.69, 9.17) is 11.6 Å². The van der Waals surface area contributed by atoms with E-state index >= 15 is 0 Å². The molecule has 0 bridgehead atoms. The summed E-state index contributed by atoms with van der Waals surface area (Å²) in [5, 5.41) is 3.74. The maximum atomic E-state index is 12.7. The number of piperidine rings is 1. The Labute approximate surface area is 155 Å². The highest BCUT2D eigenvalue weighted by molar-refractivity contribution is 6.34. The standard InChI is InChI=1S/C21H25ClN2O/c1-15(2)16-9-11-17(12-10-16)21(25)23-19-8-6-7-18(22)20(19)24-13-4-3-5-14-24/h6-12,15H,3-5,13-14H2,1-2H3,(H,23,25). The maximum absolute atomic E-state index is 12.7. The van der Waals surface area contributed by atoms with Crippen molar-refractivity contribution < 1.29 is 4.79 Å². The first-order valence-electron chi connectivity index (χ1n) is 9.01. The van der Waals surface area contributed by atoms with Crippen LogP contribution < -0.4 is 10.2 Å². The zero-order valence-electron chi connectivity index (χ0n) is 14.9. The third kappa shape index (κ3) is 4.16. The maximum Gasteiger partial charge on any atom is 0.255 e. The van der Waals surface area contributed by atoms with Crippen molar-refractivity contribution in [2.45, 2.75) is 39.0 Å². The van der Waals surface area contributed by atoms with Crippen molar-refractivity contribution in [3.63, 3.8) is 0 Å². The van der Waals surface area contributed by atoms with Crippen molar-refractivity contribution in [2.75, 3.05) is 23.3 Å². The molecule has 1 heterocycles. The second-order valence-electron chi connectivity index (χ2n) is 6.91. The molecule has 3 nitrogen and oxygen atoms in total. The van der Waals surface area contributed by atoms with Crippen molar-refractivity contribution >= 4 is 28.9 Å². The van der Waals surface area contributed by atoms with Gasteiger partial charge in [-0.1, -0.05) is 43.6 Å². The van der Waals surface area contributed by atoms with Gasteiger partial charge in [-0.15, -0.1) is 0 Å². The lowest BCUT2D eigenvalue weighted by Gasteiger charge is -2.31. The number of carbonyl (C=O) groups excluding carboxylic acids is 1. The van der Waals surface area contributed by atoms with Gasteiger partial charge < -0.3 is 10.2 Å². The molecule has 0 aromatic heterocycles. The molecule has 0 saturated carbocycles. The summed E-state index contributed by atoms with van der Waals surface area (Å²) in [6.45, 7) is 6.25. The van der Waals surface area contributed by atoms with Gasteiger partial charge in [-0.2, -0.15) is 0 Å². The van der Waals surface area contributed by atoms with Crippen molar-refractivity contribution in [3.8, 4) is 0 Å². The number of benzene rings is 2. The predicted octanol–water partition coefficient (Wildman–Crippen LogP) is 5.71. The van der Waals surface area contributed by atoms with Gasteiger partial charge in [0.05, 0.1) is 16.4 Å². The molecule has 2 aromatic carbocycles. The molecule has 3 rings (SSSR count). The number of hydrogen-bond acceptors (Lipinski definition) is 2. The van der Waals surface area contributed by atoms with Gasteiger partial charge in [-0.3, -0.25) is 4.79 Å². The molecule has 4 heteroatoms. The molecule has 25 heavy (non-hydrogen) atoms. The molecule has 2 aromatic rings. The van der Waals surface area contributed by atoms with Crippen LogP contribution in [0, 0.1) is 0 Å². The van der Waals surface area contributed by atoms with Gasteiger partial charge >= 0.3 is 0 Å². The monoisotopic (exact) mass is 356 g/mol. The third-order valence-corrected chi connectivity index (χ3v) is 5.05. The smallest absolute Gasteiger partial charge is 0.255 e. The van der Waals surface area contributed by atoms with E-state index < -0.39 is 0 Å². The Morgan fingerprint density at radius 1 is 1.04 bits per heavy atom. The van der Waals surface area contributed by atoms with Gasteiger partial charge in [0.1, 0.15) is 0 Å². The summed E-state index contributed by atoms with van der Waals surface area (Å²) >= 11 is 6.45. The van der Waals surface area contributed by atoms with Gasteiger partial charge in [0.25, 0.3) is 5.91 Å². The van der Waals surface area contributed by atoms with Crippen molar-refractivity contribution in [1.29, 1.82) is 0 Å². The molecular formula is C21H25ClN2O. The molecule has 0 atom stereocenters. The van der Waals surface area contributed by atoms with Gasteiger partial charge in [0.2, 0.25) is 0 Å². The van der Waals surface area contributed by atoms with E-state index in [-0.39, 0.29) is 5.91 Å². The number of nitrogens with zero attached hydrogens (tertiary/aromatic N) is 1. The van der Waals surface area contributed by atoms with Crippen LogP contribution in [0.4, 0.5) is 11.4 Å². The summed E-state index contributed by atoms with van der Waals surface area (Å²) < 4.78 is 0. The molecule has 1 fully saturated rings. The second kappa shape index (κ2) is 7.92. The number of rotatable bonds is 4. The Morgan fingerprint density at radius 3 is 2.36 bits per heavy atom. The highest BCUT2D eigenvalue weighted by atomic mass is 35.5. The molecule has 1 amide bonds. The number of anilines is 2. The van der Waals surface area contributed by atoms with Crippen LogP contribution in [0.5, 0.6) is 0 Å². The number of hydrogen-bond donors (Lipinski definition) is 1. The van der Waals surface area contributed by atoms with Crippen LogP contribution in [0.25, 0.3) is 0 Å². The first-order valence-corrected chi connectivity index (χ1v) is 9.39. The van der Waals surface area contributed by atoms with E-state index in [0.29, 0.717) is 16.5 Å². The van der Waals surface area contributed by atoms with Crippen molar-refractivity contribution in [2.24, 2.45) is 0 Å². The summed E-state index contributed by atoms with van der Waals surface area (Å²) in [7, 11) is 0. The Balaban J connectivity index is 1.82. The van der Waals surface area contributed by atoms with E-state index in [9.17, 15) is 4.79 Å². The normalized spacial score (nSPS) is 14.6. The summed E-state index contributed by atoms with van der Waals surface area (Å²) in [5.41, 5.74) is 3.62. The molecule has 0 spiro atoms. The Hall–Kier alpha value is -2.00. The van der Waals surface area contributed by atoms with Crippen LogP contribution in [0.15, 0.2) is 42.5 Å². The first-order chi connectivity index (χ1) is 12.1. The second-order valence-corrected chi connectivity index (χ2v) is 7.32. The molecule has 132 valence electrons. The first kappa shape index (κ1) is 17.8. The lowest BCUT2D eigenvalue weighted by atomic mass is 10.0. The number of carbonyl (C=O) groups is 1. The lowest BCUT2D eigenvalue weighted by molar-refractivity contribution is 0.102. The van der Waals surface area contributed by atoms with Crippen LogP contribution in [-0.4, -0.2) is 19.0 Å². The van der Waals surface area contributed by atoms with Crippen LogP contribution in [0.3, 0.4) is 0 Å². The van der Waals surface area contributed by atoms with Crippen LogP contribution in [0.1, 0.15) is 54.9 Å². The SMILES string of the molecule is CC(C)c1ccc(C(=O)Nc2cccc(Cl)c2N2CCCCC2)cc1. The molecule has 1 aliphatic heterocycles. The highest BCUT2D eigenvalue weighted by Crippen LogP contribution is 2.35. The quantitative estimate of drug-likeness (QED) is 0.761. The molecule has 1 aliphatic rings. The van der Waals surface area contributed by atoms with Crippen LogP contribution >= 0.6 is 11.6 Å². The van der Waals surface area contributed by atoms with Crippen LogP contribution in [0.2, 0.25) is 5.02 Å². The van der Waals surface area contributed by atoms with Gasteiger partial charge in [-0.25, -0.2) is 0 Å². The zero-order valence-corrected chi connectivity index (χ0v) is 15.6. The minimum absolute atomic E-state index is 0.101. The van der Waals surface area contributed by atoms with E-state index in [1.165, 1.54) is 12.0 Å². The van der Waals surface area contributed by atoms with E-state index in [0.717, 1.165) is 37.3 Å². The van der Waals surface area contributed by atoms with Crippen molar-refractivity contribution in [1.82, 2.24) is 0 Å². The number of amides is 1. The minimum Gasteiger partial charge on any atom is -0.369 e. The fraction of sp³-hybridized carbons (Fsp3) is 0.381. The Morgan fingerprint density at radius 2 is 1.72 bits per heavy atom. The van der Waals surface area contributed by atoms with Gasteiger partial charge in [0.15, 0.2) is 0 Å². The fourth-order valence-corrected chi connectivity index (χ4v) is 3.56. The van der Waals surface area contributed by atoms with Gasteiger partial charge in [-0.05, 0) is 55.0 Å². The molecule has 1 saturated heterocycles. The lowest BCUT2D eigenvalue weighted by Crippen LogP contribution is -2.30. The Bertz CT molecular complexity index is 734. The molecule has 0 radical (unpaired) electrons. The predicted molar refractivity (Wildman–Crippen MR) is 106 cm³/mol. The minimum atomic E-state index is -0.101. The van der Waals surface area contributed by atoms with Gasteiger partial charge in [0, 0.05) is 18.7 Å². The number of nitrogens with one attached hydrogen (secondary N) is 1. The summed E-state index contributed by atoms with van der Waals surface area (Å²) in [6.07, 6.45) is 3.58. The van der Waals surface area contributed by atoms with E-state index in [2.05, 4.69) is 24.1 Å². The molecule has 0 unspecified atom stereocenters. The van der Waals surface area contributed by atoms with Crippen molar-refractivity contribution in [3.05, 3.63) is 58.6 Å². The topological polar surface area (TPSA) is 32.3 Å². The number of para-hydroxylation sites is 1. The molecule has 0 aliphatic carbocycles. The third-order valence-electron chi connectivity index (χ3n) is 4.75. The Kier molecular flexibility index (Phi) is 5.64. The number of halogens is 1. The van der Waals surface area contributed by atoms with E-state index in [1.807, 2.05) is 42.5 Å². The van der Waals surface area contributed by atoms with E-state index in [1.54, 1.807) is 0 Å². The molecule has 1 N–H and O–H groups in total. The average Bonchev–Trinajstić information content (AvgIpc) is 2.62. The largest absolute Gasteiger partial charge is 0.369 e.